The van der Waals surface area contributed by atoms with Crippen molar-refractivity contribution >= 4 is 11.3 Å². The highest BCUT2D eigenvalue weighted by atomic mass is 32.2. The van der Waals surface area contributed by atoms with Gasteiger partial charge in [-0.15, -0.1) is 0 Å². The first-order valence-electron chi connectivity index (χ1n) is 3.78. The van der Waals surface area contributed by atoms with Crippen LogP contribution in [0.1, 0.15) is 0 Å². The fourth-order valence-corrected chi connectivity index (χ4v) is 2.54. The first-order chi connectivity index (χ1) is 5.27. The van der Waals surface area contributed by atoms with E-state index in [0.717, 1.165) is 19.6 Å². The van der Waals surface area contributed by atoms with Gasteiger partial charge < -0.3 is 4.90 Å². The summed E-state index contributed by atoms with van der Waals surface area (Å²) in [6, 6.07) is 0.356. The van der Waals surface area contributed by atoms with E-state index in [4.69, 9.17) is 4.18 Å². The zero-order valence-electron chi connectivity index (χ0n) is 6.52. The van der Waals surface area contributed by atoms with Gasteiger partial charge in [-0.25, -0.2) is 4.21 Å². The summed E-state index contributed by atoms with van der Waals surface area (Å²) in [6.45, 7) is 3.46. The highest BCUT2D eigenvalue weighted by Crippen LogP contribution is 2.18. The van der Waals surface area contributed by atoms with Gasteiger partial charge in [0.2, 0.25) is 11.3 Å². The highest BCUT2D eigenvalue weighted by molar-refractivity contribution is 7.78. The molecule has 0 aromatic rings. The number of likely N-dealkylation sites (N-methyl/N-ethyl adjacent to an activating group) is 1. The molecule has 0 saturated carbocycles. The van der Waals surface area contributed by atoms with Gasteiger partial charge in [0, 0.05) is 19.6 Å². The normalized spacial score (nSPS) is 40.8. The van der Waals surface area contributed by atoms with Crippen LogP contribution < -0.4 is 0 Å². The predicted octanol–water partition coefficient (Wildman–Crippen LogP) is -0.789. The molecule has 64 valence electrons. The largest absolute Gasteiger partial charge is 0.303 e. The summed E-state index contributed by atoms with van der Waals surface area (Å²) in [6.07, 6.45) is 0. The van der Waals surface area contributed by atoms with Crippen molar-refractivity contribution in [2.75, 3.05) is 33.3 Å². The van der Waals surface area contributed by atoms with Crippen LogP contribution in [0.5, 0.6) is 0 Å². The Hall–Kier alpha value is 0.0300. The van der Waals surface area contributed by atoms with Crippen molar-refractivity contribution in [3.8, 4) is 0 Å². The lowest BCUT2D eigenvalue weighted by atomic mass is 10.2. The van der Waals surface area contributed by atoms with Gasteiger partial charge in [-0.05, 0) is 7.05 Å². The molecule has 0 aromatic heterocycles. The Morgan fingerprint density at radius 1 is 1.55 bits per heavy atom. The molecule has 2 rings (SSSR count). The molecular formula is C6H12N2O2S. The van der Waals surface area contributed by atoms with Crippen molar-refractivity contribution in [1.82, 2.24) is 9.21 Å². The van der Waals surface area contributed by atoms with E-state index in [1.165, 1.54) is 0 Å². The molecule has 4 nitrogen and oxygen atoms in total. The SMILES string of the molecule is CN1CCN2[C@@H](COS2=O)C1. The lowest BCUT2D eigenvalue weighted by Crippen LogP contribution is -2.49. The van der Waals surface area contributed by atoms with Crippen LogP contribution in [0.4, 0.5) is 0 Å². The van der Waals surface area contributed by atoms with E-state index in [0.29, 0.717) is 12.6 Å². The summed E-state index contributed by atoms with van der Waals surface area (Å²) >= 11 is -1.15. The first kappa shape index (κ1) is 7.67. The van der Waals surface area contributed by atoms with Crippen molar-refractivity contribution in [3.05, 3.63) is 0 Å². The Bertz CT molecular complexity index is 187. The van der Waals surface area contributed by atoms with E-state index in [1.807, 2.05) is 4.31 Å². The van der Waals surface area contributed by atoms with Crippen LogP contribution in [0.25, 0.3) is 0 Å². The van der Waals surface area contributed by atoms with Crippen LogP contribution in [0.2, 0.25) is 0 Å². The minimum Gasteiger partial charge on any atom is -0.303 e. The number of nitrogens with zero attached hydrogens (tertiary/aromatic N) is 2. The van der Waals surface area contributed by atoms with Crippen LogP contribution in [0.3, 0.4) is 0 Å². The van der Waals surface area contributed by atoms with Crippen molar-refractivity contribution < 1.29 is 8.39 Å². The van der Waals surface area contributed by atoms with Gasteiger partial charge in [-0.2, -0.15) is 4.31 Å². The average molecular weight is 176 g/mol. The van der Waals surface area contributed by atoms with Crippen molar-refractivity contribution in [3.63, 3.8) is 0 Å². The molecule has 2 aliphatic heterocycles. The molecule has 0 amide bonds. The Labute approximate surface area is 68.9 Å². The Kier molecular flexibility index (Phi) is 1.97. The van der Waals surface area contributed by atoms with E-state index >= 15 is 0 Å². The monoisotopic (exact) mass is 176 g/mol. The average Bonchev–Trinajstić information content (AvgIpc) is 2.32. The fraction of sp³-hybridized carbons (Fsp3) is 1.00. The van der Waals surface area contributed by atoms with Gasteiger partial charge in [0.1, 0.15) is 0 Å². The molecule has 5 heteroatoms. The minimum atomic E-state index is -1.15. The summed E-state index contributed by atoms with van der Waals surface area (Å²) in [4.78, 5) is 2.24. The second-order valence-electron chi connectivity index (χ2n) is 3.06. The van der Waals surface area contributed by atoms with Crippen LogP contribution in [0.15, 0.2) is 0 Å². The van der Waals surface area contributed by atoms with Crippen LogP contribution in [0, 0.1) is 0 Å². The molecule has 0 bridgehead atoms. The van der Waals surface area contributed by atoms with E-state index in [-0.39, 0.29) is 0 Å². The second kappa shape index (κ2) is 2.82. The lowest BCUT2D eigenvalue weighted by Gasteiger charge is -2.31. The van der Waals surface area contributed by atoms with Crippen molar-refractivity contribution in [1.29, 1.82) is 0 Å². The maximum Gasteiger partial charge on any atom is 0.237 e. The molecule has 0 N–H and O–H groups in total. The minimum absolute atomic E-state index is 0.356. The maximum atomic E-state index is 11.1. The molecular weight excluding hydrogens is 164 g/mol. The van der Waals surface area contributed by atoms with Gasteiger partial charge in [-0.3, -0.25) is 4.18 Å². The molecule has 2 aliphatic rings. The maximum absolute atomic E-state index is 11.1. The third kappa shape index (κ3) is 1.33. The van der Waals surface area contributed by atoms with E-state index in [9.17, 15) is 4.21 Å². The van der Waals surface area contributed by atoms with Gasteiger partial charge in [0.05, 0.1) is 12.6 Å². The van der Waals surface area contributed by atoms with Gasteiger partial charge in [-0.1, -0.05) is 0 Å². The summed E-state index contributed by atoms with van der Waals surface area (Å²) in [7, 11) is 2.08. The molecule has 0 spiro atoms. The van der Waals surface area contributed by atoms with Gasteiger partial charge in [0.25, 0.3) is 0 Å². The third-order valence-corrected chi connectivity index (χ3v) is 3.39. The molecule has 0 aliphatic carbocycles. The number of piperazine rings is 1. The van der Waals surface area contributed by atoms with E-state index in [2.05, 4.69) is 11.9 Å². The molecule has 0 aromatic carbocycles. The topological polar surface area (TPSA) is 32.8 Å². The van der Waals surface area contributed by atoms with Gasteiger partial charge >= 0.3 is 0 Å². The Balaban J connectivity index is 2.06. The zero-order chi connectivity index (χ0) is 7.84. The van der Waals surface area contributed by atoms with E-state index in [1.54, 1.807) is 0 Å². The molecule has 1 unspecified atom stereocenters. The first-order valence-corrected chi connectivity index (χ1v) is 4.81. The summed E-state index contributed by atoms with van der Waals surface area (Å²) in [5, 5.41) is 0. The summed E-state index contributed by atoms with van der Waals surface area (Å²) < 4.78 is 18.1. The molecule has 11 heavy (non-hydrogen) atoms. The van der Waals surface area contributed by atoms with Crippen molar-refractivity contribution in [2.45, 2.75) is 6.04 Å². The zero-order valence-corrected chi connectivity index (χ0v) is 7.34. The number of hydrogen-bond acceptors (Lipinski definition) is 3. The predicted molar refractivity (Wildman–Crippen MR) is 42.1 cm³/mol. The fourth-order valence-electron chi connectivity index (χ4n) is 1.53. The molecule has 2 fully saturated rings. The Morgan fingerprint density at radius 3 is 3.18 bits per heavy atom. The van der Waals surface area contributed by atoms with Crippen LogP contribution in [-0.2, 0) is 15.4 Å². The number of fused-ring (bicyclic) bond motifs is 1. The number of rotatable bonds is 0. The standard InChI is InChI=1S/C6H12N2O2S/c1-7-2-3-8-6(4-7)5-10-11(8)9/h6H,2-5H2,1H3/t6-,11?/m1/s1. The smallest absolute Gasteiger partial charge is 0.237 e. The summed E-state index contributed by atoms with van der Waals surface area (Å²) in [5.41, 5.74) is 0. The van der Waals surface area contributed by atoms with E-state index < -0.39 is 11.3 Å². The van der Waals surface area contributed by atoms with Crippen LogP contribution >= 0.6 is 0 Å². The Morgan fingerprint density at radius 2 is 2.36 bits per heavy atom. The van der Waals surface area contributed by atoms with Gasteiger partial charge in [0.15, 0.2) is 0 Å². The molecule has 0 radical (unpaired) electrons. The molecule has 2 saturated heterocycles. The third-order valence-electron chi connectivity index (χ3n) is 2.18. The molecule has 2 atom stereocenters. The molecule has 2 heterocycles. The number of hydrogen-bond donors (Lipinski definition) is 0. The summed E-state index contributed by atoms with van der Waals surface area (Å²) in [5.74, 6) is 0. The lowest BCUT2D eigenvalue weighted by molar-refractivity contribution is 0.167. The highest BCUT2D eigenvalue weighted by Gasteiger charge is 2.35. The van der Waals surface area contributed by atoms with Crippen molar-refractivity contribution in [2.24, 2.45) is 0 Å². The van der Waals surface area contributed by atoms with Crippen LogP contribution in [-0.4, -0.2) is 52.7 Å². The quantitative estimate of drug-likeness (QED) is 0.485. The second-order valence-corrected chi connectivity index (χ2v) is 4.20.